The molecule has 10 heteroatoms. The molecule has 0 aromatic heterocycles. The van der Waals surface area contributed by atoms with Gasteiger partial charge in [-0.15, -0.1) is 0 Å². The first kappa shape index (κ1) is 63.7. The lowest BCUT2D eigenvalue weighted by Crippen LogP contribution is -2.59. The molecular formula is C57H110O10. The van der Waals surface area contributed by atoms with E-state index in [0.717, 1.165) is 32.1 Å². The number of aliphatic hydroxyl groups excluding tert-OH is 4. The lowest BCUT2D eigenvalue weighted by molar-refractivity contribution is -0.305. The van der Waals surface area contributed by atoms with E-state index in [-0.39, 0.29) is 32.0 Å². The molecule has 0 aliphatic carbocycles. The zero-order valence-electron chi connectivity index (χ0n) is 43.9. The van der Waals surface area contributed by atoms with Crippen molar-refractivity contribution < 1.29 is 49.0 Å². The third-order valence-electron chi connectivity index (χ3n) is 14.0. The molecule has 10 nitrogen and oxygen atoms in total. The number of carbonyl (C=O) groups is 2. The molecule has 1 rings (SSSR count). The van der Waals surface area contributed by atoms with Crippen LogP contribution in [0.1, 0.15) is 296 Å². The van der Waals surface area contributed by atoms with E-state index in [1.165, 1.54) is 231 Å². The van der Waals surface area contributed by atoms with Crippen molar-refractivity contribution in [3.63, 3.8) is 0 Å². The van der Waals surface area contributed by atoms with Gasteiger partial charge in [0, 0.05) is 12.8 Å². The normalized spacial score (nSPS) is 18.9. The third-order valence-corrected chi connectivity index (χ3v) is 14.0. The predicted molar refractivity (Wildman–Crippen MR) is 275 cm³/mol. The molecule has 6 atom stereocenters. The molecule has 0 spiro atoms. The van der Waals surface area contributed by atoms with E-state index in [1.54, 1.807) is 0 Å². The maximum atomic E-state index is 12.9. The number of aliphatic hydroxyl groups is 4. The zero-order chi connectivity index (χ0) is 48.7. The first-order chi connectivity index (χ1) is 32.8. The highest BCUT2D eigenvalue weighted by molar-refractivity contribution is 5.70. The minimum Gasteiger partial charge on any atom is -0.462 e. The molecule has 67 heavy (non-hydrogen) atoms. The number of hydrogen-bond acceptors (Lipinski definition) is 10. The second-order valence-corrected chi connectivity index (χ2v) is 20.5. The standard InChI is InChI=1S/C57H110O10/c1-3-5-7-9-11-13-15-17-19-21-23-24-25-26-28-29-31-33-35-37-39-41-43-45-52(59)64-48-50(49-65-57-56(63)55(62)54(61)51(47-58)67-57)66-53(60)46-44-42-40-38-36-34-32-30-27-22-20-18-16-14-12-10-8-6-4-2/h50-51,54-58,61-63H,3-49H2,1-2H3/t50-,51-,54+,55?,56?,57-/m0/s1. The van der Waals surface area contributed by atoms with Gasteiger partial charge in [0.05, 0.1) is 13.2 Å². The highest BCUT2D eigenvalue weighted by Gasteiger charge is 2.44. The van der Waals surface area contributed by atoms with Gasteiger partial charge in [-0.2, -0.15) is 0 Å². The SMILES string of the molecule is CCCCCCCCCCCCCCCCCCCCCCCCCC(=O)OC[C@@H](CO[C@H]1O[C@@H](CO)[C@@H](O)C(O)C1O)OC(=O)CCCCCCCCCCCCCCCCCCCCC. The first-order valence-electron chi connectivity index (χ1n) is 29.1. The number of unbranched alkanes of at least 4 members (excludes halogenated alkanes) is 40. The Kier molecular flexibility index (Phi) is 46.0. The van der Waals surface area contributed by atoms with E-state index in [9.17, 15) is 30.0 Å². The Morgan fingerprint density at radius 2 is 0.701 bits per heavy atom. The summed E-state index contributed by atoms with van der Waals surface area (Å²) in [6, 6.07) is 0. The molecule has 0 radical (unpaired) electrons. The summed E-state index contributed by atoms with van der Waals surface area (Å²) in [6.07, 6.45) is 46.9. The quantitative estimate of drug-likeness (QED) is 0.0342. The van der Waals surface area contributed by atoms with E-state index in [0.29, 0.717) is 6.42 Å². The second kappa shape index (κ2) is 48.3. The van der Waals surface area contributed by atoms with Crippen molar-refractivity contribution in [3.8, 4) is 0 Å². The number of hydrogen-bond donors (Lipinski definition) is 4. The first-order valence-corrected chi connectivity index (χ1v) is 29.1. The maximum absolute atomic E-state index is 12.9. The summed E-state index contributed by atoms with van der Waals surface area (Å²) in [7, 11) is 0. The van der Waals surface area contributed by atoms with E-state index in [4.69, 9.17) is 18.9 Å². The van der Waals surface area contributed by atoms with Crippen LogP contribution in [0.3, 0.4) is 0 Å². The Labute approximate surface area is 412 Å². The lowest BCUT2D eigenvalue weighted by atomic mass is 9.99. The van der Waals surface area contributed by atoms with Crippen LogP contribution in [0.15, 0.2) is 0 Å². The van der Waals surface area contributed by atoms with Gasteiger partial charge in [-0.05, 0) is 12.8 Å². The van der Waals surface area contributed by atoms with Crippen LogP contribution in [0.25, 0.3) is 0 Å². The molecular weight excluding hydrogens is 845 g/mol. The fourth-order valence-electron chi connectivity index (χ4n) is 9.43. The van der Waals surface area contributed by atoms with Gasteiger partial charge in [0.2, 0.25) is 0 Å². The Bertz CT molecular complexity index is 1060. The van der Waals surface area contributed by atoms with Crippen LogP contribution in [0, 0.1) is 0 Å². The van der Waals surface area contributed by atoms with Crippen molar-refractivity contribution in [1.29, 1.82) is 0 Å². The highest BCUT2D eigenvalue weighted by atomic mass is 16.7. The summed E-state index contributed by atoms with van der Waals surface area (Å²) in [4.78, 5) is 25.5. The van der Waals surface area contributed by atoms with E-state index in [1.807, 2.05) is 0 Å². The maximum Gasteiger partial charge on any atom is 0.306 e. The molecule has 4 N–H and O–H groups in total. The Balaban J connectivity index is 2.17. The molecule has 0 aromatic rings. The van der Waals surface area contributed by atoms with Crippen LogP contribution in [0.2, 0.25) is 0 Å². The van der Waals surface area contributed by atoms with Gasteiger partial charge in [0.1, 0.15) is 31.0 Å². The van der Waals surface area contributed by atoms with Crippen LogP contribution in [-0.4, -0.2) is 89.0 Å². The smallest absolute Gasteiger partial charge is 0.306 e. The van der Waals surface area contributed by atoms with Gasteiger partial charge in [0.25, 0.3) is 0 Å². The number of ether oxygens (including phenoxy) is 4. The number of carbonyl (C=O) groups excluding carboxylic acids is 2. The van der Waals surface area contributed by atoms with Crippen molar-refractivity contribution in [3.05, 3.63) is 0 Å². The fourth-order valence-corrected chi connectivity index (χ4v) is 9.43. The van der Waals surface area contributed by atoms with Crippen LogP contribution in [0.5, 0.6) is 0 Å². The molecule has 0 aromatic carbocycles. The zero-order valence-corrected chi connectivity index (χ0v) is 43.9. The highest BCUT2D eigenvalue weighted by Crippen LogP contribution is 2.23. The summed E-state index contributed by atoms with van der Waals surface area (Å²) < 4.78 is 22.3. The van der Waals surface area contributed by atoms with Crippen LogP contribution in [0.4, 0.5) is 0 Å². The molecule has 1 saturated heterocycles. The van der Waals surface area contributed by atoms with Crippen molar-refractivity contribution in [2.45, 2.75) is 333 Å². The van der Waals surface area contributed by atoms with Crippen molar-refractivity contribution in [2.75, 3.05) is 19.8 Å². The molecule has 0 bridgehead atoms. The largest absolute Gasteiger partial charge is 0.462 e. The average molecular weight is 955 g/mol. The molecule has 0 amide bonds. The monoisotopic (exact) mass is 955 g/mol. The molecule has 398 valence electrons. The minimum atomic E-state index is -1.59. The minimum absolute atomic E-state index is 0.208. The van der Waals surface area contributed by atoms with Gasteiger partial charge >= 0.3 is 11.9 Å². The Morgan fingerprint density at radius 1 is 0.403 bits per heavy atom. The number of rotatable bonds is 51. The van der Waals surface area contributed by atoms with Crippen LogP contribution in [-0.2, 0) is 28.5 Å². The molecule has 0 saturated carbocycles. The lowest BCUT2D eigenvalue weighted by Gasteiger charge is -2.39. The van der Waals surface area contributed by atoms with Crippen molar-refractivity contribution in [2.24, 2.45) is 0 Å². The Hall–Kier alpha value is -1.30. The predicted octanol–water partition coefficient (Wildman–Crippen LogP) is 14.5. The van der Waals surface area contributed by atoms with Gasteiger partial charge in [-0.1, -0.05) is 271 Å². The van der Waals surface area contributed by atoms with Crippen molar-refractivity contribution in [1.82, 2.24) is 0 Å². The average Bonchev–Trinajstić information content (AvgIpc) is 3.33. The Morgan fingerprint density at radius 3 is 1.01 bits per heavy atom. The van der Waals surface area contributed by atoms with Gasteiger partial charge in [0.15, 0.2) is 12.4 Å². The third kappa shape index (κ3) is 39.1. The van der Waals surface area contributed by atoms with Gasteiger partial charge < -0.3 is 39.4 Å². The summed E-state index contributed by atoms with van der Waals surface area (Å²) in [6.45, 7) is 3.50. The molecule has 1 aliphatic heterocycles. The van der Waals surface area contributed by atoms with Gasteiger partial charge in [-0.3, -0.25) is 9.59 Å². The molecule has 2 unspecified atom stereocenters. The van der Waals surface area contributed by atoms with E-state index in [2.05, 4.69) is 13.8 Å². The van der Waals surface area contributed by atoms with Crippen LogP contribution < -0.4 is 0 Å². The topological polar surface area (TPSA) is 152 Å². The van der Waals surface area contributed by atoms with Gasteiger partial charge in [-0.25, -0.2) is 0 Å². The van der Waals surface area contributed by atoms with Crippen LogP contribution >= 0.6 is 0 Å². The van der Waals surface area contributed by atoms with E-state index >= 15 is 0 Å². The molecule has 1 fully saturated rings. The summed E-state index contributed by atoms with van der Waals surface area (Å²) >= 11 is 0. The summed E-state index contributed by atoms with van der Waals surface area (Å²) in [5.41, 5.74) is 0. The molecule has 1 heterocycles. The van der Waals surface area contributed by atoms with E-state index < -0.39 is 49.4 Å². The van der Waals surface area contributed by atoms with Crippen molar-refractivity contribution >= 4 is 11.9 Å². The number of esters is 2. The summed E-state index contributed by atoms with van der Waals surface area (Å²) in [5, 5.41) is 40.3. The summed E-state index contributed by atoms with van der Waals surface area (Å²) in [5.74, 6) is -0.781. The fraction of sp³-hybridized carbons (Fsp3) is 0.965. The second-order valence-electron chi connectivity index (χ2n) is 20.5. The molecule has 1 aliphatic rings.